The van der Waals surface area contributed by atoms with E-state index in [0.717, 1.165) is 108 Å². The smallest absolute Gasteiger partial charge is 0.488 e. The van der Waals surface area contributed by atoms with Gasteiger partial charge in [0.1, 0.15) is 23.4 Å². The Labute approximate surface area is 362 Å². The number of benzene rings is 4. The second-order valence-corrected chi connectivity index (χ2v) is 17.5. The topological polar surface area (TPSA) is 152 Å². The monoisotopic (exact) mass is 859 g/mol. The fraction of sp³-hybridized carbons (Fsp3) is 0.348. The quantitative estimate of drug-likeness (QED) is 0.110. The van der Waals surface area contributed by atoms with Gasteiger partial charge in [-0.2, -0.15) is 0 Å². The summed E-state index contributed by atoms with van der Waals surface area (Å²) in [7, 11) is -1.59. The molecule has 1 unspecified atom stereocenters. The molecule has 4 aliphatic heterocycles. The number of piperidine rings is 2. The molecule has 1 atom stereocenters. The van der Waals surface area contributed by atoms with E-state index in [1.54, 1.807) is 36.4 Å². The molecular weight excluding hydrogens is 812 g/mol. The van der Waals surface area contributed by atoms with Gasteiger partial charge in [-0.15, -0.1) is 11.3 Å². The minimum Gasteiger partial charge on any atom is -0.493 e. The molecule has 0 radical (unpaired) electrons. The molecule has 9 rings (SSSR count). The van der Waals surface area contributed by atoms with Crippen LogP contribution in [0.5, 0.6) is 17.2 Å². The zero-order valence-electron chi connectivity index (χ0n) is 34.1. The number of carbonyl (C=O) groups is 4. The number of carbonyl (C=O) groups excluding carboxylic acids is 4. The average Bonchev–Trinajstić information content (AvgIpc) is 3.76. The third kappa shape index (κ3) is 8.83. The first-order chi connectivity index (χ1) is 30.1. The summed E-state index contributed by atoms with van der Waals surface area (Å²) in [5.74, 6) is 0.184. The highest BCUT2D eigenvalue weighted by Gasteiger charge is 2.45. The van der Waals surface area contributed by atoms with Crippen molar-refractivity contribution >= 4 is 63.3 Å². The lowest BCUT2D eigenvalue weighted by atomic mass is 9.80. The Kier molecular flexibility index (Phi) is 12.1. The van der Waals surface area contributed by atoms with Crippen LogP contribution < -0.4 is 25.2 Å². The van der Waals surface area contributed by atoms with E-state index in [1.165, 1.54) is 23.5 Å². The molecule has 5 heterocycles. The maximum absolute atomic E-state index is 13.7. The van der Waals surface area contributed by atoms with Crippen LogP contribution in [0, 0.1) is 11.7 Å². The molecule has 4 aliphatic rings. The fourth-order valence-electron chi connectivity index (χ4n) is 8.86. The van der Waals surface area contributed by atoms with Gasteiger partial charge in [0, 0.05) is 48.4 Å². The molecule has 320 valence electrons. The molecule has 1 aromatic heterocycles. The number of rotatable bonds is 13. The number of fused-ring (bicyclic) bond motifs is 2. The van der Waals surface area contributed by atoms with Crippen molar-refractivity contribution in [2.45, 2.75) is 38.1 Å². The number of nitrogens with zero attached hydrogens (tertiary/aromatic N) is 4. The summed E-state index contributed by atoms with van der Waals surface area (Å²) in [6.45, 7) is 8.21. The molecule has 3 saturated heterocycles. The van der Waals surface area contributed by atoms with Gasteiger partial charge in [0.05, 0.1) is 22.6 Å². The van der Waals surface area contributed by atoms with Gasteiger partial charge < -0.3 is 29.3 Å². The number of imide groups is 2. The number of ether oxygens (including phenoxy) is 2. The van der Waals surface area contributed by atoms with E-state index in [4.69, 9.17) is 9.47 Å². The summed E-state index contributed by atoms with van der Waals surface area (Å²) in [6.07, 6.45) is 3.46. The first-order valence-electron chi connectivity index (χ1n) is 21.2. The maximum atomic E-state index is 13.7. The minimum absolute atomic E-state index is 0.0914. The van der Waals surface area contributed by atoms with Gasteiger partial charge in [0.15, 0.2) is 5.75 Å². The van der Waals surface area contributed by atoms with Crippen molar-refractivity contribution in [2.75, 3.05) is 63.9 Å². The van der Waals surface area contributed by atoms with Crippen molar-refractivity contribution in [3.8, 4) is 27.7 Å². The van der Waals surface area contributed by atoms with Crippen LogP contribution in [-0.4, -0.2) is 121 Å². The van der Waals surface area contributed by atoms with Crippen molar-refractivity contribution < 1.29 is 43.1 Å². The summed E-state index contributed by atoms with van der Waals surface area (Å²) >= 11 is 1.45. The molecule has 13 nitrogen and oxygen atoms in total. The molecule has 3 fully saturated rings. The highest BCUT2D eigenvalue weighted by Crippen LogP contribution is 2.46. The summed E-state index contributed by atoms with van der Waals surface area (Å²) in [6, 6.07) is 23.4. The van der Waals surface area contributed by atoms with Crippen LogP contribution in [0.2, 0.25) is 0 Å². The lowest BCUT2D eigenvalue weighted by Gasteiger charge is -2.37. The van der Waals surface area contributed by atoms with E-state index in [9.17, 15) is 33.6 Å². The molecule has 62 heavy (non-hydrogen) atoms. The van der Waals surface area contributed by atoms with Gasteiger partial charge in [-0.25, -0.2) is 4.39 Å². The Balaban J connectivity index is 0.702. The summed E-state index contributed by atoms with van der Waals surface area (Å²) in [5.41, 5.74) is 2.67. The van der Waals surface area contributed by atoms with Gasteiger partial charge in [0.2, 0.25) is 11.8 Å². The van der Waals surface area contributed by atoms with E-state index in [-0.39, 0.29) is 18.7 Å². The number of likely N-dealkylation sites (tertiary alicyclic amines) is 1. The van der Waals surface area contributed by atoms with E-state index in [2.05, 4.69) is 20.0 Å². The SMILES string of the molecule is O=C1CCC(N2C(=O)c3ccc(N4CCN(CCCN5CCC(COc6ccc(Oc7c(-c8ccc(F)cc8)sc8cc(B(O)O)ccc78)cc6)CC5)CC4)cc3C2=O)C(=O)N1. The van der Waals surface area contributed by atoms with Crippen LogP contribution in [0.4, 0.5) is 10.1 Å². The average molecular weight is 860 g/mol. The minimum atomic E-state index is -1.59. The number of amides is 4. The summed E-state index contributed by atoms with van der Waals surface area (Å²) in [5, 5.41) is 22.5. The lowest BCUT2D eigenvalue weighted by molar-refractivity contribution is -0.136. The molecule has 0 saturated carbocycles. The molecule has 4 aromatic carbocycles. The first-order valence-corrected chi connectivity index (χ1v) is 22.0. The van der Waals surface area contributed by atoms with Crippen LogP contribution in [0.25, 0.3) is 20.5 Å². The summed E-state index contributed by atoms with van der Waals surface area (Å²) in [4.78, 5) is 59.5. The predicted octanol–water partition coefficient (Wildman–Crippen LogP) is 4.88. The van der Waals surface area contributed by atoms with Crippen molar-refractivity contribution in [1.29, 1.82) is 0 Å². The van der Waals surface area contributed by atoms with Crippen LogP contribution in [-0.2, 0) is 9.59 Å². The molecule has 4 amide bonds. The normalized spacial score (nSPS) is 19.0. The number of hydrogen-bond acceptors (Lipinski definition) is 12. The summed E-state index contributed by atoms with van der Waals surface area (Å²) < 4.78 is 27.2. The van der Waals surface area contributed by atoms with Crippen LogP contribution in [0.15, 0.2) is 84.9 Å². The number of piperazine rings is 1. The second kappa shape index (κ2) is 18.0. The molecule has 0 spiro atoms. The van der Waals surface area contributed by atoms with Crippen LogP contribution in [0.1, 0.15) is 52.8 Å². The number of thiophene rings is 1. The Morgan fingerprint density at radius 3 is 2.16 bits per heavy atom. The zero-order valence-corrected chi connectivity index (χ0v) is 34.9. The third-order valence-corrected chi connectivity index (χ3v) is 13.6. The standard InChI is InChI=1S/C46H47BFN5O8S/c48-32-5-2-30(3-6-32)43-42(37-12-4-31(47(58)59)26-40(37)62-43)61-35-10-8-34(9-11-35)60-28-29-16-20-50(21-17-29)18-1-19-51-22-24-52(25-23-51)33-7-13-36-38(27-33)46(57)53(45(36)56)39-14-15-41(54)49-44(39)55/h2-13,26-27,29,39,58-59H,1,14-25,28H2,(H,49,54,55). The van der Waals surface area contributed by atoms with Crippen molar-refractivity contribution in [3.63, 3.8) is 0 Å². The van der Waals surface area contributed by atoms with Crippen molar-refractivity contribution in [1.82, 2.24) is 20.0 Å². The highest BCUT2D eigenvalue weighted by atomic mass is 32.1. The van der Waals surface area contributed by atoms with E-state index in [1.807, 2.05) is 36.4 Å². The van der Waals surface area contributed by atoms with Crippen molar-refractivity contribution in [2.24, 2.45) is 5.92 Å². The van der Waals surface area contributed by atoms with Crippen LogP contribution >= 0.6 is 11.3 Å². The molecule has 16 heteroatoms. The second-order valence-electron chi connectivity index (χ2n) is 16.4. The van der Waals surface area contributed by atoms with Gasteiger partial charge in [-0.3, -0.25) is 34.3 Å². The Morgan fingerprint density at radius 1 is 0.758 bits per heavy atom. The largest absolute Gasteiger partial charge is 0.493 e. The Hall–Kier alpha value is -5.65. The molecule has 0 aliphatic carbocycles. The third-order valence-electron chi connectivity index (χ3n) is 12.4. The molecule has 5 aromatic rings. The van der Waals surface area contributed by atoms with Gasteiger partial charge in [-0.05, 0) is 129 Å². The van der Waals surface area contributed by atoms with E-state index < -0.39 is 36.8 Å². The maximum Gasteiger partial charge on any atom is 0.488 e. The van der Waals surface area contributed by atoms with Crippen molar-refractivity contribution in [3.05, 3.63) is 102 Å². The van der Waals surface area contributed by atoms with Gasteiger partial charge in [0.25, 0.3) is 11.8 Å². The fourth-order valence-corrected chi connectivity index (χ4v) is 10.0. The Morgan fingerprint density at radius 2 is 1.45 bits per heavy atom. The molecular formula is C46H47BFN5O8S. The zero-order chi connectivity index (χ0) is 42.9. The van der Waals surface area contributed by atoms with Crippen LogP contribution in [0.3, 0.4) is 0 Å². The molecule has 0 bridgehead atoms. The molecule has 3 N–H and O–H groups in total. The number of halogens is 1. The first kappa shape index (κ1) is 41.7. The van der Waals surface area contributed by atoms with E-state index in [0.29, 0.717) is 40.6 Å². The number of nitrogens with one attached hydrogen (secondary N) is 1. The van der Waals surface area contributed by atoms with Gasteiger partial charge >= 0.3 is 7.12 Å². The predicted molar refractivity (Wildman–Crippen MR) is 235 cm³/mol. The lowest BCUT2D eigenvalue weighted by Crippen LogP contribution is -2.54. The number of hydrogen-bond donors (Lipinski definition) is 3. The highest BCUT2D eigenvalue weighted by molar-refractivity contribution is 7.22. The Bertz CT molecular complexity index is 2490. The van der Waals surface area contributed by atoms with Gasteiger partial charge in [-0.1, -0.05) is 24.3 Å². The number of anilines is 1. The van der Waals surface area contributed by atoms with E-state index >= 15 is 0 Å².